The van der Waals surface area contributed by atoms with Crippen molar-refractivity contribution in [1.29, 1.82) is 0 Å². The van der Waals surface area contributed by atoms with Crippen LogP contribution in [0.5, 0.6) is 0 Å². The van der Waals surface area contributed by atoms with Crippen molar-refractivity contribution >= 4 is 17.7 Å². The maximum Gasteiger partial charge on any atom is 0.230 e. The lowest BCUT2D eigenvalue weighted by Gasteiger charge is -2.11. The fourth-order valence-corrected chi connectivity index (χ4v) is 2.79. The molecule has 0 spiro atoms. The first-order valence-corrected chi connectivity index (χ1v) is 8.11. The second-order valence-corrected chi connectivity index (χ2v) is 6.26. The number of hydrogen-bond donors (Lipinski definition) is 2. The van der Waals surface area contributed by atoms with E-state index in [1.165, 1.54) is 24.6 Å². The Balaban J connectivity index is 1.51. The molecule has 6 heteroatoms. The van der Waals surface area contributed by atoms with Gasteiger partial charge >= 0.3 is 0 Å². The topological polar surface area (TPSA) is 70.7 Å². The molecule has 1 heterocycles. The van der Waals surface area contributed by atoms with Crippen LogP contribution in [0.15, 0.2) is 35.5 Å². The zero-order valence-corrected chi connectivity index (χ0v) is 12.7. The number of H-pyrrole nitrogens is 1. The maximum absolute atomic E-state index is 11.8. The van der Waals surface area contributed by atoms with Gasteiger partial charge in [-0.15, -0.1) is 5.10 Å². The molecule has 21 heavy (non-hydrogen) atoms. The zero-order chi connectivity index (χ0) is 14.7. The first-order valence-electron chi connectivity index (χ1n) is 7.12. The molecule has 2 N–H and O–H groups in total. The Morgan fingerprint density at radius 3 is 2.90 bits per heavy atom. The van der Waals surface area contributed by atoms with E-state index < -0.39 is 0 Å². The van der Waals surface area contributed by atoms with E-state index in [4.69, 9.17) is 0 Å². The van der Waals surface area contributed by atoms with E-state index in [9.17, 15) is 4.79 Å². The SMILES string of the molecule is C[C@H](NC(=O)CSc1n[nH]c(-c2ccccc2)n1)C1CC1. The molecule has 1 aromatic carbocycles. The van der Waals surface area contributed by atoms with E-state index in [0.717, 1.165) is 11.4 Å². The first-order chi connectivity index (χ1) is 10.2. The lowest BCUT2D eigenvalue weighted by atomic mass is 10.2. The van der Waals surface area contributed by atoms with E-state index in [1.807, 2.05) is 30.3 Å². The summed E-state index contributed by atoms with van der Waals surface area (Å²) in [6.07, 6.45) is 2.46. The summed E-state index contributed by atoms with van der Waals surface area (Å²) in [6.45, 7) is 2.07. The van der Waals surface area contributed by atoms with Gasteiger partial charge in [-0.25, -0.2) is 4.98 Å². The number of nitrogens with zero attached hydrogens (tertiary/aromatic N) is 2. The molecule has 0 radical (unpaired) electrons. The maximum atomic E-state index is 11.8. The zero-order valence-electron chi connectivity index (χ0n) is 11.9. The summed E-state index contributed by atoms with van der Waals surface area (Å²) in [6, 6.07) is 10.1. The van der Waals surface area contributed by atoms with Crippen molar-refractivity contribution in [3.63, 3.8) is 0 Å². The number of carbonyl (C=O) groups excluding carboxylic acids is 1. The Kier molecular flexibility index (Phi) is 4.24. The predicted molar refractivity (Wildman–Crippen MR) is 82.9 cm³/mol. The van der Waals surface area contributed by atoms with Crippen LogP contribution in [-0.4, -0.2) is 32.9 Å². The van der Waals surface area contributed by atoms with Gasteiger partial charge in [-0.3, -0.25) is 9.89 Å². The molecule has 0 unspecified atom stereocenters. The minimum absolute atomic E-state index is 0.0467. The summed E-state index contributed by atoms with van der Waals surface area (Å²) < 4.78 is 0. The molecule has 1 saturated carbocycles. The van der Waals surface area contributed by atoms with E-state index in [0.29, 0.717) is 16.8 Å². The summed E-state index contributed by atoms with van der Waals surface area (Å²) in [4.78, 5) is 16.2. The van der Waals surface area contributed by atoms with Crippen molar-refractivity contribution in [3.8, 4) is 11.4 Å². The molecule has 1 aliphatic carbocycles. The molecule has 1 fully saturated rings. The van der Waals surface area contributed by atoms with Crippen LogP contribution in [0.25, 0.3) is 11.4 Å². The highest BCUT2D eigenvalue weighted by Gasteiger charge is 2.28. The molecule has 1 atom stereocenters. The molecule has 0 saturated heterocycles. The molecule has 0 bridgehead atoms. The largest absolute Gasteiger partial charge is 0.353 e. The Bertz CT molecular complexity index is 609. The predicted octanol–water partition coefficient (Wildman–Crippen LogP) is 2.48. The van der Waals surface area contributed by atoms with Crippen LogP contribution in [0.1, 0.15) is 19.8 Å². The number of carbonyl (C=O) groups is 1. The summed E-state index contributed by atoms with van der Waals surface area (Å²) in [5.41, 5.74) is 0.989. The van der Waals surface area contributed by atoms with Crippen molar-refractivity contribution in [3.05, 3.63) is 30.3 Å². The Hall–Kier alpha value is -1.82. The monoisotopic (exact) mass is 302 g/mol. The van der Waals surface area contributed by atoms with Gasteiger partial charge in [0, 0.05) is 11.6 Å². The van der Waals surface area contributed by atoms with Crippen molar-refractivity contribution < 1.29 is 4.79 Å². The number of aromatic amines is 1. The number of hydrogen-bond acceptors (Lipinski definition) is 4. The van der Waals surface area contributed by atoms with Crippen LogP contribution < -0.4 is 5.32 Å². The molecule has 1 aromatic heterocycles. The Morgan fingerprint density at radius 1 is 1.43 bits per heavy atom. The van der Waals surface area contributed by atoms with Crippen LogP contribution >= 0.6 is 11.8 Å². The van der Waals surface area contributed by atoms with Gasteiger partial charge in [0.15, 0.2) is 5.82 Å². The highest BCUT2D eigenvalue weighted by Crippen LogP contribution is 2.32. The van der Waals surface area contributed by atoms with Crippen LogP contribution in [-0.2, 0) is 4.79 Å². The normalized spacial score (nSPS) is 15.7. The highest BCUT2D eigenvalue weighted by atomic mass is 32.2. The van der Waals surface area contributed by atoms with Gasteiger partial charge in [-0.1, -0.05) is 42.1 Å². The molecule has 0 aliphatic heterocycles. The van der Waals surface area contributed by atoms with E-state index in [1.54, 1.807) is 0 Å². The molecule has 2 aromatic rings. The number of thioether (sulfide) groups is 1. The lowest BCUT2D eigenvalue weighted by Crippen LogP contribution is -2.35. The smallest absolute Gasteiger partial charge is 0.230 e. The van der Waals surface area contributed by atoms with Crippen LogP contribution in [0.2, 0.25) is 0 Å². The minimum Gasteiger partial charge on any atom is -0.353 e. The van der Waals surface area contributed by atoms with Gasteiger partial charge in [0.25, 0.3) is 0 Å². The average Bonchev–Trinajstić information content (AvgIpc) is 3.25. The molecule has 1 aliphatic rings. The second kappa shape index (κ2) is 6.30. The molecule has 110 valence electrons. The quantitative estimate of drug-likeness (QED) is 0.804. The van der Waals surface area contributed by atoms with Crippen LogP contribution in [0.4, 0.5) is 0 Å². The summed E-state index contributed by atoms with van der Waals surface area (Å²) in [5.74, 6) is 1.80. The van der Waals surface area contributed by atoms with Crippen LogP contribution in [0.3, 0.4) is 0 Å². The molecule has 5 nitrogen and oxygen atoms in total. The fraction of sp³-hybridized carbons (Fsp3) is 0.400. The van der Waals surface area contributed by atoms with Crippen LogP contribution in [0, 0.1) is 5.92 Å². The molecule has 3 rings (SSSR count). The summed E-state index contributed by atoms with van der Waals surface area (Å²) >= 11 is 1.35. The molecule has 1 amide bonds. The number of rotatable bonds is 6. The van der Waals surface area contributed by atoms with E-state index in [2.05, 4.69) is 27.4 Å². The van der Waals surface area contributed by atoms with E-state index >= 15 is 0 Å². The van der Waals surface area contributed by atoms with Gasteiger partial charge < -0.3 is 5.32 Å². The number of nitrogens with one attached hydrogen (secondary N) is 2. The van der Waals surface area contributed by atoms with Gasteiger partial charge in [0.05, 0.1) is 5.75 Å². The molecular formula is C15H18N4OS. The van der Waals surface area contributed by atoms with Gasteiger partial charge in [0.2, 0.25) is 11.1 Å². The van der Waals surface area contributed by atoms with Gasteiger partial charge in [-0.05, 0) is 25.7 Å². The lowest BCUT2D eigenvalue weighted by molar-refractivity contribution is -0.119. The first kappa shape index (κ1) is 14.1. The van der Waals surface area contributed by atoms with Gasteiger partial charge in [-0.2, -0.15) is 0 Å². The number of aromatic nitrogens is 3. The Morgan fingerprint density at radius 2 is 2.19 bits per heavy atom. The van der Waals surface area contributed by atoms with Gasteiger partial charge in [0.1, 0.15) is 0 Å². The molecular weight excluding hydrogens is 284 g/mol. The third kappa shape index (κ3) is 3.85. The average molecular weight is 302 g/mol. The second-order valence-electron chi connectivity index (χ2n) is 5.31. The summed E-state index contributed by atoms with van der Waals surface area (Å²) in [7, 11) is 0. The fourth-order valence-electron chi connectivity index (χ4n) is 2.18. The van der Waals surface area contributed by atoms with Crippen molar-refractivity contribution in [2.75, 3.05) is 5.75 Å². The third-order valence-corrected chi connectivity index (χ3v) is 4.41. The summed E-state index contributed by atoms with van der Waals surface area (Å²) in [5, 5.41) is 10.7. The van der Waals surface area contributed by atoms with Crippen molar-refractivity contribution in [2.24, 2.45) is 5.92 Å². The van der Waals surface area contributed by atoms with Crippen molar-refractivity contribution in [2.45, 2.75) is 31.0 Å². The number of amides is 1. The minimum atomic E-state index is 0.0467. The van der Waals surface area contributed by atoms with Crippen molar-refractivity contribution in [1.82, 2.24) is 20.5 Å². The standard InChI is InChI=1S/C15H18N4OS/c1-10(11-7-8-11)16-13(20)9-21-15-17-14(18-19-15)12-5-3-2-4-6-12/h2-6,10-11H,7-9H2,1H3,(H,16,20)(H,17,18,19)/t10-/m0/s1. The number of benzene rings is 1. The Labute approximate surface area is 127 Å². The third-order valence-electron chi connectivity index (χ3n) is 3.56. The van der Waals surface area contributed by atoms with E-state index in [-0.39, 0.29) is 11.9 Å². The highest BCUT2D eigenvalue weighted by molar-refractivity contribution is 7.99.